The smallest absolute Gasteiger partial charge is 0.315 e. The molecule has 2 fully saturated rings. The second-order valence-corrected chi connectivity index (χ2v) is 6.99. The van der Waals surface area contributed by atoms with E-state index < -0.39 is 0 Å². The van der Waals surface area contributed by atoms with Crippen LogP contribution in [0.1, 0.15) is 44.1 Å². The summed E-state index contributed by atoms with van der Waals surface area (Å²) in [6, 6.07) is 10.7. The van der Waals surface area contributed by atoms with E-state index in [2.05, 4.69) is 34.9 Å². The van der Waals surface area contributed by atoms with Gasteiger partial charge in [0.1, 0.15) is 0 Å². The zero-order valence-electron chi connectivity index (χ0n) is 13.1. The standard InChI is InChI=1S/C18H26N2O2/c21-16-8-6-15(7-9-16)20-17(22)19-13-18(10-11-18)12-14-4-2-1-3-5-14/h1-5,15-16,21H,6-13H2,(H2,19,20,22). The zero-order chi connectivity index (χ0) is 15.4. The molecule has 1 aromatic rings. The summed E-state index contributed by atoms with van der Waals surface area (Å²) in [4.78, 5) is 12.0. The molecule has 2 aliphatic carbocycles. The topological polar surface area (TPSA) is 61.4 Å². The molecule has 4 heteroatoms. The zero-order valence-corrected chi connectivity index (χ0v) is 13.1. The van der Waals surface area contributed by atoms with Gasteiger partial charge in [0, 0.05) is 12.6 Å². The van der Waals surface area contributed by atoms with Crippen molar-refractivity contribution in [2.45, 2.75) is 57.1 Å². The van der Waals surface area contributed by atoms with Crippen LogP contribution in [0.15, 0.2) is 30.3 Å². The molecule has 1 aromatic carbocycles. The predicted octanol–water partition coefficient (Wildman–Crippen LogP) is 2.61. The second kappa shape index (κ2) is 6.69. The van der Waals surface area contributed by atoms with Crippen molar-refractivity contribution in [3.63, 3.8) is 0 Å². The number of nitrogens with one attached hydrogen (secondary N) is 2. The summed E-state index contributed by atoms with van der Waals surface area (Å²) in [5, 5.41) is 15.6. The van der Waals surface area contributed by atoms with Gasteiger partial charge in [0.05, 0.1) is 6.10 Å². The largest absolute Gasteiger partial charge is 0.393 e. The minimum absolute atomic E-state index is 0.0549. The fraction of sp³-hybridized carbons (Fsp3) is 0.611. The Morgan fingerprint density at radius 2 is 1.82 bits per heavy atom. The number of carbonyl (C=O) groups is 1. The van der Waals surface area contributed by atoms with E-state index in [0.717, 1.165) is 38.6 Å². The SMILES string of the molecule is O=C(NCC1(Cc2ccccc2)CC1)NC1CCC(O)CC1. The fourth-order valence-corrected chi connectivity index (χ4v) is 3.35. The van der Waals surface area contributed by atoms with E-state index in [1.165, 1.54) is 18.4 Å². The summed E-state index contributed by atoms with van der Waals surface area (Å²) < 4.78 is 0. The highest BCUT2D eigenvalue weighted by molar-refractivity contribution is 5.74. The number of aliphatic hydroxyl groups excluding tert-OH is 1. The molecule has 22 heavy (non-hydrogen) atoms. The van der Waals surface area contributed by atoms with E-state index in [1.807, 2.05) is 6.07 Å². The third kappa shape index (κ3) is 4.23. The second-order valence-electron chi connectivity index (χ2n) is 6.99. The number of carbonyl (C=O) groups excluding carboxylic acids is 1. The van der Waals surface area contributed by atoms with Crippen molar-refractivity contribution < 1.29 is 9.90 Å². The van der Waals surface area contributed by atoms with Gasteiger partial charge in [-0.15, -0.1) is 0 Å². The number of benzene rings is 1. The number of urea groups is 1. The van der Waals surface area contributed by atoms with Crippen LogP contribution in [-0.4, -0.2) is 29.8 Å². The van der Waals surface area contributed by atoms with E-state index in [1.54, 1.807) is 0 Å². The molecule has 0 unspecified atom stereocenters. The lowest BCUT2D eigenvalue weighted by Crippen LogP contribution is -2.45. The summed E-state index contributed by atoms with van der Waals surface area (Å²) in [6.07, 6.45) is 6.60. The number of rotatable bonds is 5. The molecule has 0 bridgehead atoms. The molecule has 0 aliphatic heterocycles. The molecule has 0 aromatic heterocycles. The first-order valence-electron chi connectivity index (χ1n) is 8.42. The van der Waals surface area contributed by atoms with Crippen LogP contribution in [0.5, 0.6) is 0 Å². The van der Waals surface area contributed by atoms with E-state index >= 15 is 0 Å². The Bertz CT molecular complexity index is 491. The molecular formula is C18H26N2O2. The van der Waals surface area contributed by atoms with Crippen molar-refractivity contribution in [2.24, 2.45) is 5.41 Å². The normalized spacial score (nSPS) is 26.2. The molecule has 3 N–H and O–H groups in total. The van der Waals surface area contributed by atoms with Crippen molar-refractivity contribution >= 4 is 6.03 Å². The van der Waals surface area contributed by atoms with Gasteiger partial charge in [-0.25, -0.2) is 4.79 Å². The van der Waals surface area contributed by atoms with E-state index in [4.69, 9.17) is 0 Å². The van der Waals surface area contributed by atoms with Crippen LogP contribution >= 0.6 is 0 Å². The molecule has 2 saturated carbocycles. The van der Waals surface area contributed by atoms with Crippen molar-refractivity contribution in [1.29, 1.82) is 0 Å². The Labute approximate surface area is 132 Å². The molecular weight excluding hydrogens is 276 g/mol. The van der Waals surface area contributed by atoms with Crippen LogP contribution in [0.2, 0.25) is 0 Å². The average Bonchev–Trinajstić information content (AvgIpc) is 3.29. The van der Waals surface area contributed by atoms with Gasteiger partial charge in [-0.2, -0.15) is 0 Å². The van der Waals surface area contributed by atoms with Gasteiger partial charge in [-0.3, -0.25) is 0 Å². The maximum absolute atomic E-state index is 12.0. The van der Waals surface area contributed by atoms with Crippen molar-refractivity contribution in [3.8, 4) is 0 Å². The highest BCUT2D eigenvalue weighted by atomic mass is 16.3. The lowest BCUT2D eigenvalue weighted by molar-refractivity contribution is 0.117. The molecule has 0 heterocycles. The van der Waals surface area contributed by atoms with Crippen LogP contribution in [0.25, 0.3) is 0 Å². The molecule has 0 atom stereocenters. The van der Waals surface area contributed by atoms with Crippen molar-refractivity contribution in [1.82, 2.24) is 10.6 Å². The summed E-state index contributed by atoms with van der Waals surface area (Å²) in [6.45, 7) is 0.753. The van der Waals surface area contributed by atoms with E-state index in [9.17, 15) is 9.90 Å². The van der Waals surface area contributed by atoms with Crippen LogP contribution in [0.3, 0.4) is 0 Å². The molecule has 0 saturated heterocycles. The molecule has 0 radical (unpaired) electrons. The van der Waals surface area contributed by atoms with E-state index in [0.29, 0.717) is 0 Å². The molecule has 2 aliphatic rings. The Morgan fingerprint density at radius 3 is 2.45 bits per heavy atom. The minimum atomic E-state index is -0.179. The molecule has 2 amide bonds. The summed E-state index contributed by atoms with van der Waals surface area (Å²) in [7, 11) is 0. The van der Waals surface area contributed by atoms with Gasteiger partial charge in [0.25, 0.3) is 0 Å². The summed E-state index contributed by atoms with van der Waals surface area (Å²) >= 11 is 0. The Kier molecular flexibility index (Phi) is 4.67. The number of aliphatic hydroxyl groups is 1. The van der Waals surface area contributed by atoms with Gasteiger partial charge in [-0.05, 0) is 55.9 Å². The first kappa shape index (κ1) is 15.3. The van der Waals surface area contributed by atoms with E-state index in [-0.39, 0.29) is 23.6 Å². The predicted molar refractivity (Wildman–Crippen MR) is 86.6 cm³/mol. The van der Waals surface area contributed by atoms with Gasteiger partial charge < -0.3 is 15.7 Å². The fourth-order valence-electron chi connectivity index (χ4n) is 3.35. The average molecular weight is 302 g/mol. The number of hydrogen-bond acceptors (Lipinski definition) is 2. The third-order valence-corrected chi connectivity index (χ3v) is 5.03. The maximum atomic E-state index is 12.0. The first-order chi connectivity index (χ1) is 10.7. The van der Waals surface area contributed by atoms with Crippen molar-refractivity contribution in [3.05, 3.63) is 35.9 Å². The van der Waals surface area contributed by atoms with Crippen LogP contribution < -0.4 is 10.6 Å². The Morgan fingerprint density at radius 1 is 1.14 bits per heavy atom. The molecule has 4 nitrogen and oxygen atoms in total. The monoisotopic (exact) mass is 302 g/mol. The minimum Gasteiger partial charge on any atom is -0.393 e. The van der Waals surface area contributed by atoms with Crippen LogP contribution in [0, 0.1) is 5.41 Å². The number of amides is 2. The highest BCUT2D eigenvalue weighted by Gasteiger charge is 2.42. The number of hydrogen-bond donors (Lipinski definition) is 3. The quantitative estimate of drug-likeness (QED) is 0.783. The van der Waals surface area contributed by atoms with Gasteiger partial charge >= 0.3 is 6.03 Å². The Balaban J connectivity index is 1.41. The van der Waals surface area contributed by atoms with Crippen LogP contribution in [-0.2, 0) is 6.42 Å². The Hall–Kier alpha value is -1.55. The van der Waals surface area contributed by atoms with Gasteiger partial charge in [0.2, 0.25) is 0 Å². The molecule has 120 valence electrons. The highest BCUT2D eigenvalue weighted by Crippen LogP contribution is 2.47. The van der Waals surface area contributed by atoms with Crippen molar-refractivity contribution in [2.75, 3.05) is 6.54 Å². The first-order valence-corrected chi connectivity index (χ1v) is 8.42. The van der Waals surface area contributed by atoms with Gasteiger partial charge in [0.15, 0.2) is 0 Å². The van der Waals surface area contributed by atoms with Gasteiger partial charge in [-0.1, -0.05) is 30.3 Å². The van der Waals surface area contributed by atoms with Crippen LogP contribution in [0.4, 0.5) is 4.79 Å². The third-order valence-electron chi connectivity index (χ3n) is 5.03. The molecule has 0 spiro atoms. The summed E-state index contributed by atoms with van der Waals surface area (Å²) in [5.41, 5.74) is 1.62. The summed E-state index contributed by atoms with van der Waals surface area (Å²) in [5.74, 6) is 0. The lowest BCUT2D eigenvalue weighted by Gasteiger charge is -2.26. The maximum Gasteiger partial charge on any atom is 0.315 e. The lowest BCUT2D eigenvalue weighted by atomic mass is 9.93. The molecule has 3 rings (SSSR count).